The van der Waals surface area contributed by atoms with Crippen LogP contribution in [0.5, 0.6) is 0 Å². The minimum atomic E-state index is -0.761. The zero-order valence-corrected chi connectivity index (χ0v) is 13.3. The van der Waals surface area contributed by atoms with Crippen LogP contribution in [-0.2, 0) is 14.3 Å². The largest absolute Gasteiger partial charge is 0.481 e. The summed E-state index contributed by atoms with van der Waals surface area (Å²) in [5, 5.41) is 11.8. The number of amides is 1. The number of rotatable bonds is 8. The predicted octanol–water partition coefficient (Wildman–Crippen LogP) is 1.25. The predicted molar refractivity (Wildman–Crippen MR) is 82.6 cm³/mol. The highest BCUT2D eigenvalue weighted by atomic mass is 16.5. The fourth-order valence-electron chi connectivity index (χ4n) is 3.22. The Kier molecular flexibility index (Phi) is 7.12. The third kappa shape index (κ3) is 5.93. The number of aliphatic carboxylic acids is 1. The van der Waals surface area contributed by atoms with Crippen molar-refractivity contribution in [3.8, 4) is 0 Å². The molecule has 1 heterocycles. The van der Waals surface area contributed by atoms with Crippen LogP contribution in [0.1, 0.15) is 44.9 Å². The van der Waals surface area contributed by atoms with Crippen LogP contribution in [-0.4, -0.2) is 60.8 Å². The molecule has 1 amide bonds. The molecule has 1 unspecified atom stereocenters. The van der Waals surface area contributed by atoms with Crippen molar-refractivity contribution in [2.24, 2.45) is 5.92 Å². The van der Waals surface area contributed by atoms with Gasteiger partial charge in [-0.25, -0.2) is 0 Å². The summed E-state index contributed by atoms with van der Waals surface area (Å²) in [5.41, 5.74) is 0. The summed E-state index contributed by atoms with van der Waals surface area (Å²) in [7, 11) is 0. The standard InChI is InChI=1S/C16H28N2O4/c19-15(12-18-9-7-13(11-18)16(20)21)17-8-4-10-22-14-5-2-1-3-6-14/h13-14H,1-12H2,(H,17,19)(H,20,21). The van der Waals surface area contributed by atoms with Gasteiger partial charge in [-0.05, 0) is 32.2 Å². The molecule has 2 aliphatic rings. The molecule has 1 aliphatic heterocycles. The van der Waals surface area contributed by atoms with E-state index in [1.165, 1.54) is 32.1 Å². The topological polar surface area (TPSA) is 78.9 Å². The fraction of sp³-hybridized carbons (Fsp3) is 0.875. The van der Waals surface area contributed by atoms with E-state index < -0.39 is 5.97 Å². The van der Waals surface area contributed by atoms with Gasteiger partial charge in [0, 0.05) is 19.7 Å². The molecule has 0 spiro atoms. The van der Waals surface area contributed by atoms with E-state index in [0.29, 0.717) is 45.3 Å². The van der Waals surface area contributed by atoms with Gasteiger partial charge in [0.1, 0.15) is 0 Å². The Morgan fingerprint density at radius 1 is 1.18 bits per heavy atom. The maximum Gasteiger partial charge on any atom is 0.307 e. The van der Waals surface area contributed by atoms with Crippen molar-refractivity contribution in [2.75, 3.05) is 32.8 Å². The molecular formula is C16H28N2O4. The average Bonchev–Trinajstić information content (AvgIpc) is 2.96. The van der Waals surface area contributed by atoms with Gasteiger partial charge in [-0.1, -0.05) is 19.3 Å². The van der Waals surface area contributed by atoms with E-state index in [0.717, 1.165) is 6.42 Å². The summed E-state index contributed by atoms with van der Waals surface area (Å²) in [5.74, 6) is -1.11. The molecule has 1 aliphatic carbocycles. The highest BCUT2D eigenvalue weighted by molar-refractivity contribution is 5.78. The zero-order chi connectivity index (χ0) is 15.8. The SMILES string of the molecule is O=C(CN1CCC(C(=O)O)C1)NCCCOC1CCCCC1. The number of carbonyl (C=O) groups is 2. The van der Waals surface area contributed by atoms with Crippen LogP contribution in [0.3, 0.4) is 0 Å². The number of hydrogen-bond donors (Lipinski definition) is 2. The van der Waals surface area contributed by atoms with Crippen molar-refractivity contribution in [3.05, 3.63) is 0 Å². The van der Waals surface area contributed by atoms with Crippen LogP contribution in [0.4, 0.5) is 0 Å². The van der Waals surface area contributed by atoms with Gasteiger partial charge in [-0.3, -0.25) is 14.5 Å². The van der Waals surface area contributed by atoms with Crippen molar-refractivity contribution in [2.45, 2.75) is 51.0 Å². The maximum atomic E-state index is 11.8. The van der Waals surface area contributed by atoms with E-state index in [2.05, 4.69) is 5.32 Å². The van der Waals surface area contributed by atoms with Crippen molar-refractivity contribution in [1.82, 2.24) is 10.2 Å². The van der Waals surface area contributed by atoms with Gasteiger partial charge in [0.05, 0.1) is 18.6 Å². The Hall–Kier alpha value is -1.14. The van der Waals surface area contributed by atoms with Crippen LogP contribution in [0.2, 0.25) is 0 Å². The second-order valence-corrected chi connectivity index (χ2v) is 6.39. The molecule has 1 saturated carbocycles. The van der Waals surface area contributed by atoms with Gasteiger partial charge in [0.25, 0.3) is 0 Å². The second kappa shape index (κ2) is 9.10. The Morgan fingerprint density at radius 3 is 2.64 bits per heavy atom. The quantitative estimate of drug-likeness (QED) is 0.660. The van der Waals surface area contributed by atoms with Crippen molar-refractivity contribution < 1.29 is 19.4 Å². The van der Waals surface area contributed by atoms with Gasteiger partial charge in [-0.2, -0.15) is 0 Å². The molecular weight excluding hydrogens is 284 g/mol. The summed E-state index contributed by atoms with van der Waals surface area (Å²) in [6, 6.07) is 0. The second-order valence-electron chi connectivity index (χ2n) is 6.39. The molecule has 2 rings (SSSR count). The molecule has 0 radical (unpaired) electrons. The van der Waals surface area contributed by atoms with E-state index in [9.17, 15) is 9.59 Å². The van der Waals surface area contributed by atoms with Crippen LogP contribution >= 0.6 is 0 Å². The summed E-state index contributed by atoms with van der Waals surface area (Å²) in [4.78, 5) is 24.6. The Labute approximate surface area is 132 Å². The Morgan fingerprint density at radius 2 is 1.95 bits per heavy atom. The molecule has 6 heteroatoms. The molecule has 0 bridgehead atoms. The first-order chi connectivity index (χ1) is 10.6. The van der Waals surface area contributed by atoms with Crippen LogP contribution < -0.4 is 5.32 Å². The number of carboxylic acid groups (broad SMARTS) is 1. The van der Waals surface area contributed by atoms with E-state index in [1.54, 1.807) is 0 Å². The summed E-state index contributed by atoms with van der Waals surface area (Å²) >= 11 is 0. The highest BCUT2D eigenvalue weighted by Gasteiger charge is 2.28. The minimum Gasteiger partial charge on any atom is -0.481 e. The van der Waals surface area contributed by atoms with E-state index in [-0.39, 0.29) is 11.8 Å². The molecule has 1 atom stereocenters. The van der Waals surface area contributed by atoms with Gasteiger partial charge < -0.3 is 15.2 Å². The van der Waals surface area contributed by atoms with E-state index in [4.69, 9.17) is 9.84 Å². The van der Waals surface area contributed by atoms with Gasteiger partial charge in [-0.15, -0.1) is 0 Å². The Bertz CT molecular complexity index is 369. The van der Waals surface area contributed by atoms with E-state index in [1.807, 2.05) is 4.90 Å². The maximum absolute atomic E-state index is 11.8. The first-order valence-electron chi connectivity index (χ1n) is 8.48. The zero-order valence-electron chi connectivity index (χ0n) is 13.3. The monoisotopic (exact) mass is 312 g/mol. The highest BCUT2D eigenvalue weighted by Crippen LogP contribution is 2.20. The number of ether oxygens (including phenoxy) is 1. The molecule has 2 fully saturated rings. The van der Waals surface area contributed by atoms with E-state index >= 15 is 0 Å². The minimum absolute atomic E-state index is 0.0243. The number of likely N-dealkylation sites (tertiary alicyclic amines) is 1. The lowest BCUT2D eigenvalue weighted by Crippen LogP contribution is -2.37. The van der Waals surface area contributed by atoms with Crippen molar-refractivity contribution in [1.29, 1.82) is 0 Å². The third-order valence-electron chi connectivity index (χ3n) is 4.54. The smallest absolute Gasteiger partial charge is 0.307 e. The number of carbonyl (C=O) groups excluding carboxylic acids is 1. The van der Waals surface area contributed by atoms with Gasteiger partial charge in [0.2, 0.25) is 5.91 Å². The molecule has 126 valence electrons. The molecule has 0 aromatic carbocycles. The number of hydrogen-bond acceptors (Lipinski definition) is 4. The lowest BCUT2D eigenvalue weighted by molar-refractivity contribution is -0.141. The lowest BCUT2D eigenvalue weighted by atomic mass is 9.98. The summed E-state index contributed by atoms with van der Waals surface area (Å²) in [6.07, 6.45) is 8.11. The van der Waals surface area contributed by atoms with Crippen LogP contribution in [0.25, 0.3) is 0 Å². The molecule has 22 heavy (non-hydrogen) atoms. The fourth-order valence-corrected chi connectivity index (χ4v) is 3.22. The van der Waals surface area contributed by atoms with Crippen LogP contribution in [0, 0.1) is 5.92 Å². The first kappa shape index (κ1) is 17.2. The third-order valence-corrected chi connectivity index (χ3v) is 4.54. The molecule has 2 N–H and O–H groups in total. The molecule has 1 saturated heterocycles. The average molecular weight is 312 g/mol. The van der Waals surface area contributed by atoms with Crippen molar-refractivity contribution in [3.63, 3.8) is 0 Å². The summed E-state index contributed by atoms with van der Waals surface area (Å²) < 4.78 is 5.81. The number of nitrogens with one attached hydrogen (secondary N) is 1. The lowest BCUT2D eigenvalue weighted by Gasteiger charge is -2.22. The van der Waals surface area contributed by atoms with Gasteiger partial charge in [0.15, 0.2) is 0 Å². The normalized spacial score (nSPS) is 23.5. The summed E-state index contributed by atoms with van der Waals surface area (Å²) in [6.45, 7) is 2.80. The Balaban J connectivity index is 1.48. The van der Waals surface area contributed by atoms with Crippen LogP contribution in [0.15, 0.2) is 0 Å². The van der Waals surface area contributed by atoms with Gasteiger partial charge >= 0.3 is 5.97 Å². The number of carboxylic acids is 1. The number of nitrogens with zero attached hydrogens (tertiary/aromatic N) is 1. The van der Waals surface area contributed by atoms with Crippen molar-refractivity contribution >= 4 is 11.9 Å². The molecule has 0 aromatic heterocycles. The molecule has 0 aromatic rings. The first-order valence-corrected chi connectivity index (χ1v) is 8.48. The molecule has 6 nitrogen and oxygen atoms in total.